The summed E-state index contributed by atoms with van der Waals surface area (Å²) < 4.78 is 39.8. The average Bonchev–Trinajstić information content (AvgIpc) is 3.23. The molecule has 2 aromatic rings. The second-order valence-electron chi connectivity index (χ2n) is 8.59. The van der Waals surface area contributed by atoms with Crippen molar-refractivity contribution in [2.45, 2.75) is 44.0 Å². The molecule has 3 heterocycles. The van der Waals surface area contributed by atoms with Gasteiger partial charge in [-0.15, -0.1) is 0 Å². The van der Waals surface area contributed by atoms with Crippen LogP contribution in [0.1, 0.15) is 33.1 Å². The summed E-state index contributed by atoms with van der Waals surface area (Å²) in [6, 6.07) is 7.12. The van der Waals surface area contributed by atoms with Gasteiger partial charge >= 0.3 is 0 Å². The maximum atomic E-state index is 13.1. The van der Waals surface area contributed by atoms with Crippen molar-refractivity contribution in [1.29, 1.82) is 0 Å². The summed E-state index contributed by atoms with van der Waals surface area (Å²) in [6.07, 6.45) is 4.78. The van der Waals surface area contributed by atoms with Crippen molar-refractivity contribution in [3.63, 3.8) is 0 Å². The van der Waals surface area contributed by atoms with Crippen molar-refractivity contribution < 1.29 is 22.7 Å². The molecule has 0 saturated carbocycles. The summed E-state index contributed by atoms with van der Waals surface area (Å²) in [6.45, 7) is 6.54. The van der Waals surface area contributed by atoms with Crippen molar-refractivity contribution in [2.75, 3.05) is 36.5 Å². The van der Waals surface area contributed by atoms with E-state index in [4.69, 9.17) is 9.47 Å². The van der Waals surface area contributed by atoms with Crippen LogP contribution in [0.25, 0.3) is 0 Å². The van der Waals surface area contributed by atoms with Crippen molar-refractivity contribution in [3.05, 3.63) is 36.5 Å². The minimum Gasteiger partial charge on any atom is -0.490 e. The van der Waals surface area contributed by atoms with Gasteiger partial charge in [-0.05, 0) is 43.0 Å². The SMILES string of the molecule is CC(C)C(NS(=O)(=O)c1ccc2c(c1)OCCCO2)C(=O)Nc1ccc(N2CCCC2)cn1. The van der Waals surface area contributed by atoms with Crippen LogP contribution >= 0.6 is 0 Å². The number of benzene rings is 1. The monoisotopic (exact) mass is 474 g/mol. The number of rotatable bonds is 7. The van der Waals surface area contributed by atoms with Crippen LogP contribution in [0, 0.1) is 5.92 Å². The van der Waals surface area contributed by atoms with Gasteiger partial charge < -0.3 is 19.7 Å². The summed E-state index contributed by atoms with van der Waals surface area (Å²) in [5, 5.41) is 2.73. The Morgan fingerprint density at radius 1 is 1.03 bits per heavy atom. The third kappa shape index (κ3) is 5.56. The zero-order valence-corrected chi connectivity index (χ0v) is 19.7. The van der Waals surface area contributed by atoms with Gasteiger partial charge in [0.1, 0.15) is 11.9 Å². The molecule has 0 bridgehead atoms. The first kappa shape index (κ1) is 23.3. The van der Waals surface area contributed by atoms with Gasteiger partial charge in [-0.1, -0.05) is 13.8 Å². The van der Waals surface area contributed by atoms with E-state index in [0.29, 0.717) is 30.5 Å². The lowest BCUT2D eigenvalue weighted by Crippen LogP contribution is -2.47. The van der Waals surface area contributed by atoms with Crippen molar-refractivity contribution in [3.8, 4) is 11.5 Å². The van der Waals surface area contributed by atoms with Gasteiger partial charge in [0.15, 0.2) is 11.5 Å². The number of carbonyl (C=O) groups is 1. The number of sulfonamides is 1. The first-order chi connectivity index (χ1) is 15.8. The van der Waals surface area contributed by atoms with Crippen LogP contribution in [-0.2, 0) is 14.8 Å². The standard InChI is InChI=1S/C23H30N4O5S/c1-16(2)22(23(28)25-21-9-6-17(15-24-21)27-10-3-4-11-27)26-33(29,30)18-7-8-19-20(14-18)32-13-5-12-31-19/h6-9,14-16,22,26H,3-5,10-13H2,1-2H3,(H,24,25,28). The Hall–Kier alpha value is -2.85. The molecule has 1 amide bonds. The lowest BCUT2D eigenvalue weighted by Gasteiger charge is -2.22. The Balaban J connectivity index is 1.46. The fourth-order valence-electron chi connectivity index (χ4n) is 3.86. The third-order valence-corrected chi connectivity index (χ3v) is 7.17. The van der Waals surface area contributed by atoms with E-state index in [0.717, 1.165) is 38.0 Å². The fourth-order valence-corrected chi connectivity index (χ4v) is 5.22. The number of pyridine rings is 1. The maximum absolute atomic E-state index is 13.1. The van der Waals surface area contributed by atoms with Crippen LogP contribution in [0.2, 0.25) is 0 Å². The molecule has 178 valence electrons. The molecule has 1 fully saturated rings. The molecule has 1 unspecified atom stereocenters. The van der Waals surface area contributed by atoms with Crippen molar-refractivity contribution in [1.82, 2.24) is 9.71 Å². The Bertz CT molecular complexity index is 1080. The van der Waals surface area contributed by atoms with E-state index in [1.165, 1.54) is 12.1 Å². The van der Waals surface area contributed by atoms with Crippen LogP contribution in [0.15, 0.2) is 41.4 Å². The second-order valence-corrected chi connectivity index (χ2v) is 10.3. The van der Waals surface area contributed by atoms with Crippen LogP contribution in [0.5, 0.6) is 11.5 Å². The second kappa shape index (κ2) is 9.96. The number of anilines is 2. The predicted molar refractivity (Wildman–Crippen MR) is 125 cm³/mol. The number of amides is 1. The Kier molecular flexibility index (Phi) is 7.04. The number of ether oxygens (including phenoxy) is 2. The molecule has 1 aromatic carbocycles. The molecule has 0 aliphatic carbocycles. The highest BCUT2D eigenvalue weighted by Gasteiger charge is 2.29. The fraction of sp³-hybridized carbons (Fsp3) is 0.478. The molecule has 1 aromatic heterocycles. The molecule has 1 saturated heterocycles. The smallest absolute Gasteiger partial charge is 0.243 e. The van der Waals surface area contributed by atoms with Crippen LogP contribution in [-0.4, -0.2) is 51.7 Å². The predicted octanol–water partition coefficient (Wildman–Crippen LogP) is 2.78. The molecule has 4 rings (SSSR count). The van der Waals surface area contributed by atoms with Gasteiger partial charge in [-0.2, -0.15) is 4.72 Å². The van der Waals surface area contributed by atoms with E-state index in [2.05, 4.69) is 19.9 Å². The van der Waals surface area contributed by atoms with Crippen molar-refractivity contribution in [2.24, 2.45) is 5.92 Å². The lowest BCUT2D eigenvalue weighted by atomic mass is 10.1. The van der Waals surface area contributed by atoms with E-state index in [-0.39, 0.29) is 10.8 Å². The zero-order valence-electron chi connectivity index (χ0n) is 18.9. The number of aromatic nitrogens is 1. The Morgan fingerprint density at radius 2 is 1.76 bits per heavy atom. The third-order valence-electron chi connectivity index (χ3n) is 5.73. The molecule has 0 spiro atoms. The van der Waals surface area contributed by atoms with E-state index in [1.54, 1.807) is 32.2 Å². The van der Waals surface area contributed by atoms with Gasteiger partial charge in [0.05, 0.1) is 30.0 Å². The average molecular weight is 475 g/mol. The lowest BCUT2D eigenvalue weighted by molar-refractivity contribution is -0.118. The Labute approximate surface area is 194 Å². The molecule has 9 nitrogen and oxygen atoms in total. The number of nitrogens with zero attached hydrogens (tertiary/aromatic N) is 2. The number of fused-ring (bicyclic) bond motifs is 1. The quantitative estimate of drug-likeness (QED) is 0.635. The summed E-state index contributed by atoms with van der Waals surface area (Å²) in [5.41, 5.74) is 1.01. The van der Waals surface area contributed by atoms with Crippen LogP contribution < -0.4 is 24.4 Å². The molecular weight excluding hydrogens is 444 g/mol. The molecule has 1 atom stereocenters. The van der Waals surface area contributed by atoms with E-state index >= 15 is 0 Å². The first-order valence-electron chi connectivity index (χ1n) is 11.3. The van der Waals surface area contributed by atoms with Crippen LogP contribution in [0.4, 0.5) is 11.5 Å². The molecule has 33 heavy (non-hydrogen) atoms. The van der Waals surface area contributed by atoms with E-state index in [9.17, 15) is 13.2 Å². The molecule has 2 N–H and O–H groups in total. The maximum Gasteiger partial charge on any atom is 0.243 e. The van der Waals surface area contributed by atoms with E-state index in [1.807, 2.05) is 6.07 Å². The highest BCUT2D eigenvalue weighted by Crippen LogP contribution is 2.32. The molecule has 2 aliphatic rings. The Morgan fingerprint density at radius 3 is 2.42 bits per heavy atom. The van der Waals surface area contributed by atoms with Gasteiger partial charge in [0, 0.05) is 25.6 Å². The molecule has 10 heteroatoms. The minimum atomic E-state index is -3.98. The van der Waals surface area contributed by atoms with Gasteiger partial charge in [-0.3, -0.25) is 4.79 Å². The topological polar surface area (TPSA) is 110 Å². The summed E-state index contributed by atoms with van der Waals surface area (Å²) in [4.78, 5) is 19.5. The zero-order chi connectivity index (χ0) is 23.4. The minimum absolute atomic E-state index is 0.0123. The van der Waals surface area contributed by atoms with Gasteiger partial charge in [0.25, 0.3) is 0 Å². The summed E-state index contributed by atoms with van der Waals surface area (Å²) in [5.74, 6) is 0.507. The first-order valence-corrected chi connectivity index (χ1v) is 12.8. The van der Waals surface area contributed by atoms with E-state index < -0.39 is 22.0 Å². The number of carbonyl (C=O) groups excluding carboxylic acids is 1. The molecular formula is C23H30N4O5S. The number of nitrogens with one attached hydrogen (secondary N) is 2. The van der Waals surface area contributed by atoms with Gasteiger partial charge in [-0.25, -0.2) is 13.4 Å². The number of hydrogen-bond acceptors (Lipinski definition) is 7. The highest BCUT2D eigenvalue weighted by atomic mass is 32.2. The summed E-state index contributed by atoms with van der Waals surface area (Å²) >= 11 is 0. The summed E-state index contributed by atoms with van der Waals surface area (Å²) in [7, 11) is -3.98. The molecule has 2 aliphatic heterocycles. The molecule has 0 radical (unpaired) electrons. The van der Waals surface area contributed by atoms with Crippen molar-refractivity contribution >= 4 is 27.4 Å². The largest absolute Gasteiger partial charge is 0.490 e. The highest BCUT2D eigenvalue weighted by molar-refractivity contribution is 7.89. The van der Waals surface area contributed by atoms with Gasteiger partial charge in [0.2, 0.25) is 15.9 Å². The number of hydrogen-bond donors (Lipinski definition) is 2. The normalized spacial score (nSPS) is 17.0. The van der Waals surface area contributed by atoms with Crippen LogP contribution in [0.3, 0.4) is 0 Å².